The molecule has 0 spiro atoms. The average molecular weight is 752 g/mol. The number of allylic oxidation sites excluding steroid dienone is 1. The third-order valence-corrected chi connectivity index (χ3v) is 17.6. The van der Waals surface area contributed by atoms with Crippen molar-refractivity contribution in [2.45, 2.75) is 209 Å². The summed E-state index contributed by atoms with van der Waals surface area (Å²) in [7, 11) is 0. The van der Waals surface area contributed by atoms with Crippen molar-refractivity contribution in [3.8, 4) is 0 Å². The molecule has 0 bridgehead atoms. The summed E-state index contributed by atoms with van der Waals surface area (Å²) in [6.07, 6.45) is 27.3. The topological polar surface area (TPSA) is 92.7 Å². The standard InChI is InChI=1S/C48H81NO5/c1-34(2)36-25-30-48(43(53)49-33-21-19-17-15-13-11-9-10-12-14-16-18-20-22-41(51)52)32-31-46(7)37(42(36)48)23-24-39-45(6)28-27-40(54-35(3)50)44(4,5)38(45)26-29-47(39,46)8/h36-40,42H,1,9-33H2,2-8H3,(H,49,53)(H,51,52)/t36-,37+,38-,39?,40-,42+,45-,46+,47+,48-/m0/s1. The maximum absolute atomic E-state index is 14.5. The Hall–Kier alpha value is -1.85. The number of carbonyl (C=O) groups is 3. The van der Waals surface area contributed by atoms with Gasteiger partial charge in [0, 0.05) is 25.3 Å². The third kappa shape index (κ3) is 8.39. The van der Waals surface area contributed by atoms with Crippen molar-refractivity contribution in [1.29, 1.82) is 0 Å². The molecule has 5 aliphatic rings. The number of nitrogens with one attached hydrogen (secondary N) is 1. The van der Waals surface area contributed by atoms with E-state index in [0.29, 0.717) is 41.9 Å². The Morgan fingerprint density at radius 3 is 1.83 bits per heavy atom. The van der Waals surface area contributed by atoms with Gasteiger partial charge in [0.15, 0.2) is 0 Å². The molecule has 2 N–H and O–H groups in total. The van der Waals surface area contributed by atoms with Crippen molar-refractivity contribution in [3.63, 3.8) is 0 Å². The van der Waals surface area contributed by atoms with E-state index in [9.17, 15) is 14.4 Å². The number of unbranched alkanes of at least 4 members (excludes halogenated alkanes) is 12. The third-order valence-electron chi connectivity index (χ3n) is 17.6. The molecule has 0 aliphatic heterocycles. The zero-order valence-electron chi connectivity index (χ0n) is 35.9. The van der Waals surface area contributed by atoms with Crippen LogP contribution in [0.2, 0.25) is 0 Å². The van der Waals surface area contributed by atoms with Gasteiger partial charge in [0.1, 0.15) is 6.10 Å². The largest absolute Gasteiger partial charge is 0.481 e. The molecular formula is C48H81NO5. The van der Waals surface area contributed by atoms with Gasteiger partial charge in [-0.2, -0.15) is 0 Å². The molecule has 5 fully saturated rings. The van der Waals surface area contributed by atoms with E-state index in [1.54, 1.807) is 6.92 Å². The number of fused-ring (bicyclic) bond motifs is 7. The van der Waals surface area contributed by atoms with Crippen molar-refractivity contribution in [2.24, 2.45) is 56.7 Å². The van der Waals surface area contributed by atoms with E-state index in [2.05, 4.69) is 53.4 Å². The van der Waals surface area contributed by atoms with Crippen molar-refractivity contribution in [2.75, 3.05) is 6.54 Å². The SMILES string of the molecule is C=C(C)[C@@H]1CC[C@]2(C(=O)NCCCCCCCCCCCCCCCC(=O)O)CC[C@]3(C)[C@H](CCC4[C@@]5(C)CC[C@H](OC(C)=O)C(C)(C)[C@@H]5CC[C@]43C)[C@@H]12. The number of carboxylic acid groups (broad SMARTS) is 1. The summed E-state index contributed by atoms with van der Waals surface area (Å²) in [6.45, 7) is 21.9. The van der Waals surface area contributed by atoms with E-state index < -0.39 is 5.97 Å². The number of rotatable bonds is 19. The lowest BCUT2D eigenvalue weighted by Gasteiger charge is -2.72. The molecule has 54 heavy (non-hydrogen) atoms. The summed E-state index contributed by atoms with van der Waals surface area (Å²) in [4.78, 5) is 37.2. The van der Waals surface area contributed by atoms with E-state index in [4.69, 9.17) is 9.84 Å². The number of amides is 1. The number of ether oxygens (including phenoxy) is 1. The number of aliphatic carboxylic acids is 1. The molecule has 10 atom stereocenters. The van der Waals surface area contributed by atoms with Crippen LogP contribution in [0.1, 0.15) is 203 Å². The van der Waals surface area contributed by atoms with Crippen LogP contribution in [0.5, 0.6) is 0 Å². The molecule has 6 nitrogen and oxygen atoms in total. The summed E-state index contributed by atoms with van der Waals surface area (Å²) >= 11 is 0. The molecule has 5 saturated carbocycles. The molecular weight excluding hydrogens is 671 g/mol. The van der Waals surface area contributed by atoms with E-state index in [-0.39, 0.29) is 39.1 Å². The average Bonchev–Trinajstić information content (AvgIpc) is 3.51. The maximum atomic E-state index is 14.5. The Morgan fingerprint density at radius 2 is 1.26 bits per heavy atom. The lowest BCUT2D eigenvalue weighted by molar-refractivity contribution is -0.248. The predicted molar refractivity (Wildman–Crippen MR) is 220 cm³/mol. The number of carboxylic acids is 1. The lowest BCUT2D eigenvalue weighted by atomic mass is 9.32. The first-order chi connectivity index (χ1) is 25.5. The van der Waals surface area contributed by atoms with Gasteiger partial charge in [-0.3, -0.25) is 14.4 Å². The van der Waals surface area contributed by atoms with Crippen molar-refractivity contribution < 1.29 is 24.2 Å². The molecule has 0 aromatic heterocycles. The summed E-state index contributed by atoms with van der Waals surface area (Å²) in [5, 5.41) is 12.3. The Kier molecular flexibility index (Phi) is 14.2. The highest BCUT2D eigenvalue weighted by Gasteiger charge is 2.72. The first kappa shape index (κ1) is 43.3. The molecule has 0 aromatic rings. The molecule has 1 amide bonds. The maximum Gasteiger partial charge on any atom is 0.303 e. The Labute approximate surface area is 330 Å². The van der Waals surface area contributed by atoms with Gasteiger partial charge in [0.2, 0.25) is 5.91 Å². The molecule has 1 unspecified atom stereocenters. The quantitative estimate of drug-likeness (QED) is 0.0779. The zero-order chi connectivity index (χ0) is 39.4. The number of carbonyl (C=O) groups excluding carboxylic acids is 2. The van der Waals surface area contributed by atoms with Crippen LogP contribution in [-0.4, -0.2) is 35.6 Å². The number of hydrogen-bond donors (Lipinski definition) is 2. The lowest BCUT2D eigenvalue weighted by Crippen LogP contribution is -2.67. The van der Waals surface area contributed by atoms with Crippen LogP contribution in [-0.2, 0) is 19.1 Å². The second-order valence-electron chi connectivity index (χ2n) is 20.8. The zero-order valence-corrected chi connectivity index (χ0v) is 35.9. The summed E-state index contributed by atoms with van der Waals surface area (Å²) in [5.41, 5.74) is 1.70. The highest BCUT2D eigenvalue weighted by atomic mass is 16.5. The summed E-state index contributed by atoms with van der Waals surface area (Å²) < 4.78 is 5.97. The summed E-state index contributed by atoms with van der Waals surface area (Å²) in [6, 6.07) is 0. The van der Waals surface area contributed by atoms with Crippen LogP contribution in [0.25, 0.3) is 0 Å². The van der Waals surface area contributed by atoms with E-state index in [0.717, 1.165) is 64.3 Å². The van der Waals surface area contributed by atoms with Crippen LogP contribution in [0.15, 0.2) is 12.2 Å². The van der Waals surface area contributed by atoms with Crippen LogP contribution < -0.4 is 5.32 Å². The Bertz CT molecular complexity index is 1320. The van der Waals surface area contributed by atoms with Gasteiger partial charge in [-0.05, 0) is 130 Å². The predicted octanol–water partition coefficient (Wildman–Crippen LogP) is 12.2. The highest BCUT2D eigenvalue weighted by Crippen LogP contribution is 2.77. The van der Waals surface area contributed by atoms with E-state index >= 15 is 0 Å². The van der Waals surface area contributed by atoms with Gasteiger partial charge in [0.25, 0.3) is 0 Å². The monoisotopic (exact) mass is 752 g/mol. The minimum absolute atomic E-state index is 0.00899. The first-order valence-electron chi connectivity index (χ1n) is 22.9. The van der Waals surface area contributed by atoms with Crippen LogP contribution in [0, 0.1) is 56.7 Å². The molecule has 5 aliphatic carbocycles. The Balaban J connectivity index is 1.13. The van der Waals surface area contributed by atoms with E-state index in [1.807, 2.05) is 0 Å². The fraction of sp³-hybridized carbons (Fsp3) is 0.896. The van der Waals surface area contributed by atoms with Gasteiger partial charge in [-0.1, -0.05) is 117 Å². The molecule has 6 heteroatoms. The number of hydrogen-bond acceptors (Lipinski definition) is 4. The second kappa shape index (κ2) is 17.7. The molecule has 0 saturated heterocycles. The van der Waals surface area contributed by atoms with Gasteiger partial charge in [0.05, 0.1) is 5.41 Å². The minimum atomic E-state index is -0.673. The minimum Gasteiger partial charge on any atom is -0.481 e. The molecule has 5 rings (SSSR count). The van der Waals surface area contributed by atoms with Gasteiger partial charge in [-0.15, -0.1) is 0 Å². The van der Waals surface area contributed by atoms with Crippen molar-refractivity contribution in [1.82, 2.24) is 5.32 Å². The Morgan fingerprint density at radius 1 is 0.667 bits per heavy atom. The summed E-state index contributed by atoms with van der Waals surface area (Å²) in [5.74, 6) is 2.13. The van der Waals surface area contributed by atoms with Crippen LogP contribution >= 0.6 is 0 Å². The number of esters is 1. The first-order valence-corrected chi connectivity index (χ1v) is 22.9. The van der Waals surface area contributed by atoms with E-state index in [1.165, 1.54) is 95.5 Å². The second-order valence-corrected chi connectivity index (χ2v) is 20.8. The normalized spacial score (nSPS) is 38.0. The van der Waals surface area contributed by atoms with Crippen LogP contribution in [0.3, 0.4) is 0 Å². The molecule has 0 radical (unpaired) electrons. The van der Waals surface area contributed by atoms with Gasteiger partial charge >= 0.3 is 11.9 Å². The fourth-order valence-corrected chi connectivity index (χ4v) is 14.6. The fourth-order valence-electron chi connectivity index (χ4n) is 14.6. The van der Waals surface area contributed by atoms with Crippen LogP contribution in [0.4, 0.5) is 0 Å². The smallest absolute Gasteiger partial charge is 0.303 e. The van der Waals surface area contributed by atoms with Crippen molar-refractivity contribution >= 4 is 17.8 Å². The molecule has 0 heterocycles. The molecule has 308 valence electrons. The van der Waals surface area contributed by atoms with Gasteiger partial charge < -0.3 is 15.2 Å². The highest BCUT2D eigenvalue weighted by molar-refractivity contribution is 5.84. The van der Waals surface area contributed by atoms with Gasteiger partial charge in [-0.25, -0.2) is 0 Å². The van der Waals surface area contributed by atoms with Crippen molar-refractivity contribution in [3.05, 3.63) is 12.2 Å². The molecule has 0 aromatic carbocycles.